The lowest BCUT2D eigenvalue weighted by Gasteiger charge is -2.12. The van der Waals surface area contributed by atoms with Crippen LogP contribution in [0.1, 0.15) is 21.5 Å². The topological polar surface area (TPSA) is 71.1 Å². The van der Waals surface area contributed by atoms with E-state index in [1.165, 1.54) is 6.20 Å². The largest absolute Gasteiger partial charge is 0.324 e. The third-order valence-corrected chi connectivity index (χ3v) is 3.86. The number of nitrogens with one attached hydrogen (secondary N) is 2. The molecule has 3 rings (SSSR count). The fourth-order valence-electron chi connectivity index (χ4n) is 2.48. The van der Waals surface area contributed by atoms with Crippen molar-refractivity contribution < 1.29 is 9.59 Å². The van der Waals surface area contributed by atoms with Crippen LogP contribution in [-0.4, -0.2) is 16.8 Å². The molecule has 1 heterocycles. The van der Waals surface area contributed by atoms with E-state index >= 15 is 0 Å². The number of nitrogens with zero attached hydrogens (tertiary/aromatic N) is 1. The van der Waals surface area contributed by atoms with E-state index in [9.17, 15) is 9.59 Å². The van der Waals surface area contributed by atoms with Crippen LogP contribution in [0, 0.1) is 6.92 Å². The summed E-state index contributed by atoms with van der Waals surface area (Å²) in [7, 11) is 0. The minimum atomic E-state index is -0.279. The molecule has 0 unspecified atom stereocenters. The second-order valence-corrected chi connectivity index (χ2v) is 5.95. The Labute approximate surface area is 152 Å². The van der Waals surface area contributed by atoms with Gasteiger partial charge in [0.15, 0.2) is 0 Å². The van der Waals surface area contributed by atoms with E-state index in [0.717, 1.165) is 11.1 Å². The molecule has 2 N–H and O–H groups in total. The van der Waals surface area contributed by atoms with Crippen molar-refractivity contribution in [2.45, 2.75) is 13.3 Å². The summed E-state index contributed by atoms with van der Waals surface area (Å²) in [6.07, 6.45) is 3.37. The highest BCUT2D eigenvalue weighted by Gasteiger charge is 2.11. The fraction of sp³-hybridized carbons (Fsp3) is 0.0952. The summed E-state index contributed by atoms with van der Waals surface area (Å²) in [5, 5.41) is 5.67. The van der Waals surface area contributed by atoms with Gasteiger partial charge in [-0.05, 0) is 36.8 Å². The number of rotatable bonds is 5. The second-order valence-electron chi connectivity index (χ2n) is 5.95. The smallest absolute Gasteiger partial charge is 0.257 e. The molecule has 0 fully saturated rings. The Morgan fingerprint density at radius 3 is 2.23 bits per heavy atom. The fourth-order valence-corrected chi connectivity index (χ4v) is 2.48. The number of anilines is 2. The van der Waals surface area contributed by atoms with E-state index in [-0.39, 0.29) is 18.2 Å². The predicted octanol–water partition coefficient (Wildman–Crippen LogP) is 3.82. The van der Waals surface area contributed by atoms with Crippen molar-refractivity contribution in [2.24, 2.45) is 0 Å². The van der Waals surface area contributed by atoms with E-state index in [4.69, 9.17) is 0 Å². The summed E-state index contributed by atoms with van der Waals surface area (Å²) < 4.78 is 0. The average Bonchev–Trinajstić information content (AvgIpc) is 2.66. The lowest BCUT2D eigenvalue weighted by molar-refractivity contribution is -0.115. The van der Waals surface area contributed by atoms with Crippen molar-refractivity contribution in [2.75, 3.05) is 10.6 Å². The Kier molecular flexibility index (Phi) is 5.39. The van der Waals surface area contributed by atoms with Gasteiger partial charge in [-0.15, -0.1) is 0 Å². The van der Waals surface area contributed by atoms with Gasteiger partial charge in [-0.2, -0.15) is 0 Å². The van der Waals surface area contributed by atoms with Crippen molar-refractivity contribution in [1.82, 2.24) is 4.98 Å². The van der Waals surface area contributed by atoms with E-state index in [1.807, 2.05) is 31.2 Å². The maximum Gasteiger partial charge on any atom is 0.257 e. The number of amides is 2. The Morgan fingerprint density at radius 2 is 1.58 bits per heavy atom. The Bertz CT molecular complexity index is 906. The maximum atomic E-state index is 12.3. The van der Waals surface area contributed by atoms with Crippen LogP contribution in [0.2, 0.25) is 0 Å². The molecule has 2 aromatic carbocycles. The zero-order chi connectivity index (χ0) is 18.4. The van der Waals surface area contributed by atoms with Crippen LogP contribution in [-0.2, 0) is 11.2 Å². The SMILES string of the molecule is Cc1ccc(CC(=O)Nc2ccccc2NC(=O)c2cccnc2)cc1. The van der Waals surface area contributed by atoms with Gasteiger partial charge in [0.05, 0.1) is 23.4 Å². The molecule has 0 saturated heterocycles. The molecular weight excluding hydrogens is 326 g/mol. The monoisotopic (exact) mass is 345 g/mol. The molecule has 0 aliphatic rings. The summed E-state index contributed by atoms with van der Waals surface area (Å²) >= 11 is 0. The van der Waals surface area contributed by atoms with Gasteiger partial charge in [-0.25, -0.2) is 0 Å². The highest BCUT2D eigenvalue weighted by atomic mass is 16.2. The first-order valence-corrected chi connectivity index (χ1v) is 8.27. The van der Waals surface area contributed by atoms with Crippen molar-refractivity contribution in [1.29, 1.82) is 0 Å². The van der Waals surface area contributed by atoms with Crippen LogP contribution in [0.15, 0.2) is 73.1 Å². The molecule has 0 bridgehead atoms. The third-order valence-electron chi connectivity index (χ3n) is 3.86. The Balaban J connectivity index is 1.69. The Hall–Kier alpha value is -3.47. The molecule has 0 radical (unpaired) electrons. The van der Waals surface area contributed by atoms with Crippen LogP contribution in [0.5, 0.6) is 0 Å². The molecule has 3 aromatic rings. The number of pyridine rings is 1. The minimum absolute atomic E-state index is 0.142. The first-order chi connectivity index (χ1) is 12.6. The number of aryl methyl sites for hydroxylation is 1. The summed E-state index contributed by atoms with van der Waals surface area (Å²) in [5.74, 6) is -0.421. The average molecular weight is 345 g/mol. The highest BCUT2D eigenvalue weighted by Crippen LogP contribution is 2.22. The number of benzene rings is 2. The van der Waals surface area contributed by atoms with E-state index in [1.54, 1.807) is 42.6 Å². The molecule has 0 aliphatic heterocycles. The molecule has 5 heteroatoms. The summed E-state index contributed by atoms with van der Waals surface area (Å²) in [5.41, 5.74) is 3.64. The molecule has 0 saturated carbocycles. The van der Waals surface area contributed by atoms with Gasteiger partial charge in [-0.1, -0.05) is 42.0 Å². The number of hydrogen-bond donors (Lipinski definition) is 2. The van der Waals surface area contributed by atoms with Crippen molar-refractivity contribution in [3.63, 3.8) is 0 Å². The van der Waals surface area contributed by atoms with Gasteiger partial charge < -0.3 is 10.6 Å². The second kappa shape index (κ2) is 8.07. The predicted molar refractivity (Wildman–Crippen MR) is 102 cm³/mol. The van der Waals surface area contributed by atoms with Crippen molar-refractivity contribution >= 4 is 23.2 Å². The quantitative estimate of drug-likeness (QED) is 0.738. The normalized spacial score (nSPS) is 10.2. The van der Waals surface area contributed by atoms with Crippen LogP contribution < -0.4 is 10.6 Å². The molecule has 5 nitrogen and oxygen atoms in total. The molecule has 130 valence electrons. The number of carbonyl (C=O) groups excluding carboxylic acids is 2. The van der Waals surface area contributed by atoms with Crippen LogP contribution >= 0.6 is 0 Å². The standard InChI is InChI=1S/C21H19N3O2/c1-15-8-10-16(11-9-15)13-20(25)23-18-6-2-3-7-19(18)24-21(26)17-5-4-12-22-14-17/h2-12,14H,13H2,1H3,(H,23,25)(H,24,26). The first kappa shape index (κ1) is 17.4. The van der Waals surface area contributed by atoms with E-state index in [0.29, 0.717) is 16.9 Å². The van der Waals surface area contributed by atoms with Crippen molar-refractivity contribution in [3.05, 3.63) is 89.7 Å². The van der Waals surface area contributed by atoms with E-state index in [2.05, 4.69) is 15.6 Å². The third kappa shape index (κ3) is 4.54. The van der Waals surface area contributed by atoms with Gasteiger partial charge >= 0.3 is 0 Å². The van der Waals surface area contributed by atoms with Gasteiger partial charge in [-0.3, -0.25) is 14.6 Å². The van der Waals surface area contributed by atoms with Crippen LogP contribution in [0.4, 0.5) is 11.4 Å². The highest BCUT2D eigenvalue weighted by molar-refractivity contribution is 6.07. The summed E-state index contributed by atoms with van der Waals surface area (Å²) in [4.78, 5) is 28.6. The lowest BCUT2D eigenvalue weighted by Crippen LogP contribution is -2.18. The molecule has 1 aromatic heterocycles. The molecule has 26 heavy (non-hydrogen) atoms. The zero-order valence-electron chi connectivity index (χ0n) is 14.4. The van der Waals surface area contributed by atoms with Crippen molar-refractivity contribution in [3.8, 4) is 0 Å². The summed E-state index contributed by atoms with van der Waals surface area (Å²) in [6, 6.07) is 18.3. The first-order valence-electron chi connectivity index (χ1n) is 8.27. The van der Waals surface area contributed by atoms with Gasteiger partial charge in [0.2, 0.25) is 5.91 Å². The molecule has 0 aliphatic carbocycles. The molecule has 0 atom stereocenters. The van der Waals surface area contributed by atoms with Gasteiger partial charge in [0.25, 0.3) is 5.91 Å². The number of hydrogen-bond acceptors (Lipinski definition) is 3. The lowest BCUT2D eigenvalue weighted by atomic mass is 10.1. The number of para-hydroxylation sites is 2. The number of aromatic nitrogens is 1. The zero-order valence-corrected chi connectivity index (χ0v) is 14.4. The van der Waals surface area contributed by atoms with Gasteiger partial charge in [0.1, 0.15) is 0 Å². The molecule has 2 amide bonds. The van der Waals surface area contributed by atoms with Crippen LogP contribution in [0.3, 0.4) is 0 Å². The van der Waals surface area contributed by atoms with Gasteiger partial charge in [0, 0.05) is 12.4 Å². The Morgan fingerprint density at radius 1 is 0.885 bits per heavy atom. The van der Waals surface area contributed by atoms with Crippen LogP contribution in [0.25, 0.3) is 0 Å². The molecule has 0 spiro atoms. The number of carbonyl (C=O) groups is 2. The maximum absolute atomic E-state index is 12.3. The summed E-state index contributed by atoms with van der Waals surface area (Å²) in [6.45, 7) is 2.00. The van der Waals surface area contributed by atoms with E-state index < -0.39 is 0 Å². The molecular formula is C21H19N3O2. The minimum Gasteiger partial charge on any atom is -0.324 e.